The molecule has 1 aromatic heterocycles. The van der Waals surface area contributed by atoms with E-state index in [9.17, 15) is 9.59 Å². The fourth-order valence-corrected chi connectivity index (χ4v) is 2.87. The summed E-state index contributed by atoms with van der Waals surface area (Å²) in [5.74, 6) is 0.149. The van der Waals surface area contributed by atoms with Crippen LogP contribution in [0.4, 0.5) is 4.79 Å². The van der Waals surface area contributed by atoms with E-state index in [0.29, 0.717) is 32.6 Å². The first-order valence-electron chi connectivity index (χ1n) is 6.92. The Kier molecular flexibility index (Phi) is 5.00. The Morgan fingerprint density at radius 1 is 1.25 bits per heavy atom. The minimum atomic E-state index is -0.0367. The average molecular weight is 295 g/mol. The highest BCUT2D eigenvalue weighted by atomic mass is 32.1. The van der Waals surface area contributed by atoms with E-state index in [2.05, 4.69) is 5.32 Å². The molecule has 110 valence electrons. The summed E-state index contributed by atoms with van der Waals surface area (Å²) >= 11 is 1.61. The van der Waals surface area contributed by atoms with Gasteiger partial charge in [0.15, 0.2) is 0 Å². The molecule has 6 heteroatoms. The van der Waals surface area contributed by atoms with Crippen molar-refractivity contribution in [3.05, 3.63) is 22.4 Å². The van der Waals surface area contributed by atoms with E-state index in [1.54, 1.807) is 16.2 Å². The molecule has 3 amide bonds. The lowest BCUT2D eigenvalue weighted by molar-refractivity contribution is -0.131. The van der Waals surface area contributed by atoms with Gasteiger partial charge in [-0.25, -0.2) is 4.79 Å². The molecule has 0 spiro atoms. The van der Waals surface area contributed by atoms with Gasteiger partial charge in [-0.2, -0.15) is 0 Å². The Hall–Kier alpha value is -1.56. The quantitative estimate of drug-likeness (QED) is 0.920. The van der Waals surface area contributed by atoms with Gasteiger partial charge in [0.05, 0.1) is 6.42 Å². The van der Waals surface area contributed by atoms with E-state index in [1.807, 2.05) is 36.3 Å². The first-order chi connectivity index (χ1) is 9.56. The number of carbonyl (C=O) groups excluding carboxylic acids is 2. The van der Waals surface area contributed by atoms with Gasteiger partial charge in [0, 0.05) is 37.1 Å². The van der Waals surface area contributed by atoms with E-state index < -0.39 is 0 Å². The zero-order chi connectivity index (χ0) is 14.5. The number of urea groups is 1. The van der Waals surface area contributed by atoms with Crippen molar-refractivity contribution >= 4 is 23.3 Å². The van der Waals surface area contributed by atoms with Crippen LogP contribution in [0.3, 0.4) is 0 Å². The summed E-state index contributed by atoms with van der Waals surface area (Å²) < 4.78 is 0. The zero-order valence-corrected chi connectivity index (χ0v) is 12.8. The van der Waals surface area contributed by atoms with Crippen LogP contribution in [0.5, 0.6) is 0 Å². The van der Waals surface area contributed by atoms with Crippen LogP contribution in [0.15, 0.2) is 17.5 Å². The summed E-state index contributed by atoms with van der Waals surface area (Å²) in [5.41, 5.74) is 0. The number of nitrogens with zero attached hydrogens (tertiary/aromatic N) is 2. The average Bonchev–Trinajstić information content (AvgIpc) is 2.91. The van der Waals surface area contributed by atoms with Crippen molar-refractivity contribution in [2.45, 2.75) is 26.3 Å². The molecule has 1 saturated heterocycles. The van der Waals surface area contributed by atoms with Crippen molar-refractivity contribution in [3.63, 3.8) is 0 Å². The molecule has 1 N–H and O–H groups in total. The lowest BCUT2D eigenvalue weighted by Crippen LogP contribution is -2.54. The summed E-state index contributed by atoms with van der Waals surface area (Å²) in [6.45, 7) is 6.34. The minimum absolute atomic E-state index is 0.0367. The first-order valence-corrected chi connectivity index (χ1v) is 7.80. The van der Waals surface area contributed by atoms with Gasteiger partial charge >= 0.3 is 6.03 Å². The van der Waals surface area contributed by atoms with Crippen molar-refractivity contribution in [2.24, 2.45) is 0 Å². The summed E-state index contributed by atoms with van der Waals surface area (Å²) in [4.78, 5) is 28.7. The van der Waals surface area contributed by atoms with Crippen molar-refractivity contribution in [3.8, 4) is 0 Å². The van der Waals surface area contributed by atoms with E-state index in [-0.39, 0.29) is 18.0 Å². The second kappa shape index (κ2) is 6.74. The Morgan fingerprint density at radius 2 is 1.90 bits per heavy atom. The van der Waals surface area contributed by atoms with Crippen molar-refractivity contribution in [1.82, 2.24) is 15.1 Å². The van der Waals surface area contributed by atoms with Gasteiger partial charge in [0.25, 0.3) is 0 Å². The fraction of sp³-hybridized carbons (Fsp3) is 0.571. The van der Waals surface area contributed by atoms with Crippen LogP contribution in [-0.4, -0.2) is 54.0 Å². The number of piperazine rings is 1. The second-order valence-corrected chi connectivity index (χ2v) is 6.26. The number of carbonyl (C=O) groups is 2. The molecule has 0 unspecified atom stereocenters. The molecule has 0 aromatic carbocycles. The SMILES string of the molecule is CC(C)NC(=O)N1CCN(C(=O)Cc2cccs2)CC1. The molecule has 1 fully saturated rings. The number of hydrogen-bond acceptors (Lipinski definition) is 3. The minimum Gasteiger partial charge on any atom is -0.339 e. The Labute approximate surface area is 123 Å². The number of hydrogen-bond donors (Lipinski definition) is 1. The summed E-state index contributed by atoms with van der Waals surface area (Å²) in [7, 11) is 0. The maximum absolute atomic E-state index is 12.1. The lowest BCUT2D eigenvalue weighted by atomic mass is 10.2. The summed E-state index contributed by atoms with van der Waals surface area (Å²) in [6, 6.07) is 4.04. The van der Waals surface area contributed by atoms with Crippen molar-refractivity contribution in [1.29, 1.82) is 0 Å². The second-order valence-electron chi connectivity index (χ2n) is 5.23. The molecule has 0 saturated carbocycles. The maximum atomic E-state index is 12.1. The highest BCUT2D eigenvalue weighted by molar-refractivity contribution is 7.10. The lowest BCUT2D eigenvalue weighted by Gasteiger charge is -2.35. The molecule has 1 aromatic rings. The van der Waals surface area contributed by atoms with Crippen LogP contribution in [0, 0.1) is 0 Å². The Bertz CT molecular complexity index is 451. The molecule has 1 aliphatic heterocycles. The predicted octanol–water partition coefficient (Wildman–Crippen LogP) is 1.55. The Balaban J connectivity index is 1.79. The monoisotopic (exact) mass is 295 g/mol. The summed E-state index contributed by atoms with van der Waals surface area (Å²) in [5, 5.41) is 4.86. The molecular weight excluding hydrogens is 274 g/mol. The third-order valence-electron chi connectivity index (χ3n) is 3.24. The molecular formula is C14H21N3O2S. The van der Waals surface area contributed by atoms with E-state index >= 15 is 0 Å². The van der Waals surface area contributed by atoms with Crippen LogP contribution in [-0.2, 0) is 11.2 Å². The normalized spacial score (nSPS) is 15.6. The van der Waals surface area contributed by atoms with Gasteiger partial charge < -0.3 is 15.1 Å². The highest BCUT2D eigenvalue weighted by Crippen LogP contribution is 2.12. The van der Waals surface area contributed by atoms with E-state index in [1.165, 1.54) is 0 Å². The zero-order valence-electron chi connectivity index (χ0n) is 12.0. The van der Waals surface area contributed by atoms with Gasteiger partial charge in [-0.05, 0) is 25.3 Å². The maximum Gasteiger partial charge on any atom is 0.317 e. The van der Waals surface area contributed by atoms with Gasteiger partial charge in [0.1, 0.15) is 0 Å². The molecule has 2 heterocycles. The van der Waals surface area contributed by atoms with Gasteiger partial charge in [-0.15, -0.1) is 11.3 Å². The molecule has 0 bridgehead atoms. The van der Waals surface area contributed by atoms with Crippen LogP contribution >= 0.6 is 11.3 Å². The van der Waals surface area contributed by atoms with Gasteiger partial charge in [-0.1, -0.05) is 6.07 Å². The highest BCUT2D eigenvalue weighted by Gasteiger charge is 2.24. The van der Waals surface area contributed by atoms with Crippen LogP contribution in [0.2, 0.25) is 0 Å². The summed E-state index contributed by atoms with van der Waals surface area (Å²) in [6.07, 6.45) is 0.468. The van der Waals surface area contributed by atoms with Crippen LogP contribution in [0.25, 0.3) is 0 Å². The number of nitrogens with one attached hydrogen (secondary N) is 1. The molecule has 5 nitrogen and oxygen atoms in total. The molecule has 0 atom stereocenters. The number of rotatable bonds is 3. The molecule has 0 radical (unpaired) electrons. The fourth-order valence-electron chi connectivity index (χ4n) is 2.17. The third-order valence-corrected chi connectivity index (χ3v) is 4.11. The van der Waals surface area contributed by atoms with Gasteiger partial charge in [0.2, 0.25) is 5.91 Å². The van der Waals surface area contributed by atoms with Crippen molar-refractivity contribution < 1.29 is 9.59 Å². The van der Waals surface area contributed by atoms with Crippen LogP contribution < -0.4 is 5.32 Å². The largest absolute Gasteiger partial charge is 0.339 e. The first kappa shape index (κ1) is 14.8. The molecule has 2 rings (SSSR count). The number of thiophene rings is 1. The topological polar surface area (TPSA) is 52.7 Å². The smallest absolute Gasteiger partial charge is 0.317 e. The molecule has 1 aliphatic rings. The van der Waals surface area contributed by atoms with Crippen LogP contribution in [0.1, 0.15) is 18.7 Å². The number of amides is 3. The van der Waals surface area contributed by atoms with E-state index in [0.717, 1.165) is 4.88 Å². The molecule has 20 heavy (non-hydrogen) atoms. The van der Waals surface area contributed by atoms with Crippen molar-refractivity contribution in [2.75, 3.05) is 26.2 Å². The third kappa shape index (κ3) is 3.96. The standard InChI is InChI=1S/C14H21N3O2S/c1-11(2)15-14(19)17-7-5-16(6-8-17)13(18)10-12-4-3-9-20-12/h3-4,9,11H,5-8,10H2,1-2H3,(H,15,19). The Morgan fingerprint density at radius 3 is 2.45 bits per heavy atom. The molecule has 0 aliphatic carbocycles. The van der Waals surface area contributed by atoms with E-state index in [4.69, 9.17) is 0 Å². The van der Waals surface area contributed by atoms with Gasteiger partial charge in [-0.3, -0.25) is 4.79 Å². The predicted molar refractivity (Wildman–Crippen MR) is 79.8 cm³/mol.